The first-order valence-corrected chi connectivity index (χ1v) is 12.1. The quantitative estimate of drug-likeness (QED) is 0.105. The number of nitrogens with zero attached hydrogens (tertiary/aromatic N) is 1. The lowest BCUT2D eigenvalue weighted by atomic mass is 9.84. The molecule has 0 bridgehead atoms. The third-order valence-electron chi connectivity index (χ3n) is 6.07. The lowest BCUT2D eigenvalue weighted by Crippen LogP contribution is -2.62. The van der Waals surface area contributed by atoms with Crippen molar-refractivity contribution in [1.82, 2.24) is 0 Å². The maximum Gasteiger partial charge on any atom is 0.338 e. The summed E-state index contributed by atoms with van der Waals surface area (Å²) in [5.41, 5.74) is 0.755. The van der Waals surface area contributed by atoms with Crippen molar-refractivity contribution in [1.29, 1.82) is 0 Å². The average molecular weight is 404 g/mol. The van der Waals surface area contributed by atoms with Crippen LogP contribution in [0, 0.1) is 5.41 Å². The number of rotatable bonds is 16. The zero-order valence-corrected chi connectivity index (χ0v) is 19.7. The second kappa shape index (κ2) is 13.9. The van der Waals surface area contributed by atoms with Crippen LogP contribution in [0.25, 0.3) is 0 Å². The highest BCUT2D eigenvalue weighted by Crippen LogP contribution is 2.30. The van der Waals surface area contributed by atoms with Gasteiger partial charge in [0.15, 0.2) is 0 Å². The number of nitrogens with two attached hydrogens (primary N) is 1. The molecule has 2 N–H and O–H groups in total. The van der Waals surface area contributed by atoms with Crippen LogP contribution in [-0.2, 0) is 11.3 Å². The highest BCUT2D eigenvalue weighted by atomic mass is 16.2. The van der Waals surface area contributed by atoms with Gasteiger partial charge in [-0.25, -0.2) is 4.79 Å². The van der Waals surface area contributed by atoms with Gasteiger partial charge < -0.3 is 0 Å². The van der Waals surface area contributed by atoms with Crippen LogP contribution in [0.1, 0.15) is 110 Å². The fourth-order valence-corrected chi connectivity index (χ4v) is 4.32. The summed E-state index contributed by atoms with van der Waals surface area (Å²) in [6, 6.07) is 10.2. The molecule has 1 atom stereocenters. The fourth-order valence-electron chi connectivity index (χ4n) is 4.32. The first kappa shape index (κ1) is 25.8. The van der Waals surface area contributed by atoms with Crippen molar-refractivity contribution in [2.24, 2.45) is 11.3 Å². The van der Waals surface area contributed by atoms with Gasteiger partial charge in [-0.2, -0.15) is 10.4 Å². The summed E-state index contributed by atoms with van der Waals surface area (Å²) >= 11 is 0. The Morgan fingerprint density at radius 3 is 1.86 bits per heavy atom. The summed E-state index contributed by atoms with van der Waals surface area (Å²) in [5, 5.41) is 0. The van der Waals surface area contributed by atoms with Gasteiger partial charge in [0.25, 0.3) is 0 Å². The lowest BCUT2D eigenvalue weighted by molar-refractivity contribution is -0.882. The van der Waals surface area contributed by atoms with E-state index in [1.807, 2.05) is 18.2 Å². The Morgan fingerprint density at radius 1 is 0.828 bits per heavy atom. The highest BCUT2D eigenvalue weighted by Gasteiger charge is 2.43. The molecule has 0 spiro atoms. The number of carbonyl (C=O) groups excluding carboxylic acids is 1. The SMILES string of the molecule is CCCCCCCCCCCCC(C)(C)C(=O)[N+](N)(CCC)Cc1ccccc1. The zero-order valence-electron chi connectivity index (χ0n) is 19.7. The Morgan fingerprint density at radius 2 is 1.34 bits per heavy atom. The van der Waals surface area contributed by atoms with Crippen molar-refractivity contribution in [3.63, 3.8) is 0 Å². The molecule has 1 aromatic carbocycles. The Kier molecular flexibility index (Phi) is 12.4. The van der Waals surface area contributed by atoms with Gasteiger partial charge in [0.1, 0.15) is 13.1 Å². The molecule has 0 aliphatic rings. The summed E-state index contributed by atoms with van der Waals surface area (Å²) in [4.78, 5) is 13.4. The average Bonchev–Trinajstić information content (AvgIpc) is 2.69. The van der Waals surface area contributed by atoms with E-state index in [0.717, 1.165) is 24.8 Å². The van der Waals surface area contributed by atoms with Crippen molar-refractivity contribution in [3.05, 3.63) is 35.9 Å². The van der Waals surface area contributed by atoms with Gasteiger partial charge >= 0.3 is 5.91 Å². The van der Waals surface area contributed by atoms with Gasteiger partial charge in [0.05, 0.1) is 5.41 Å². The predicted octanol–water partition coefficient (Wildman–Crippen LogP) is 7.15. The minimum atomic E-state index is -0.376. The summed E-state index contributed by atoms with van der Waals surface area (Å²) < 4.78 is 0.0191. The molecule has 166 valence electrons. The molecular weight excluding hydrogens is 356 g/mol. The molecule has 1 unspecified atom stereocenters. The molecule has 1 rings (SSSR count). The van der Waals surface area contributed by atoms with Crippen molar-refractivity contribution < 1.29 is 9.39 Å². The Labute approximate surface area is 180 Å². The van der Waals surface area contributed by atoms with Crippen LogP contribution >= 0.6 is 0 Å². The number of benzene rings is 1. The van der Waals surface area contributed by atoms with Gasteiger partial charge in [-0.15, -0.1) is 0 Å². The second-order valence-corrected chi connectivity index (χ2v) is 9.52. The minimum absolute atomic E-state index is 0.0191. The van der Waals surface area contributed by atoms with Crippen LogP contribution in [0.2, 0.25) is 0 Å². The first-order chi connectivity index (χ1) is 13.9. The molecule has 3 nitrogen and oxygen atoms in total. The Balaban J connectivity index is 2.42. The molecule has 0 saturated carbocycles. The van der Waals surface area contributed by atoms with E-state index in [4.69, 9.17) is 5.84 Å². The number of unbranched alkanes of at least 4 members (excludes halogenated alkanes) is 9. The van der Waals surface area contributed by atoms with E-state index in [-0.39, 0.29) is 15.9 Å². The molecule has 1 amide bonds. The Hall–Kier alpha value is -1.19. The maximum atomic E-state index is 13.4. The molecule has 0 heterocycles. The molecule has 0 fully saturated rings. The lowest BCUT2D eigenvalue weighted by Gasteiger charge is -2.36. The molecule has 0 saturated heterocycles. The van der Waals surface area contributed by atoms with E-state index < -0.39 is 0 Å². The van der Waals surface area contributed by atoms with Crippen LogP contribution in [0.3, 0.4) is 0 Å². The fraction of sp³-hybridized carbons (Fsp3) is 0.731. The smallest absolute Gasteiger partial charge is 0.228 e. The van der Waals surface area contributed by atoms with Crippen molar-refractivity contribution in [3.8, 4) is 0 Å². The molecule has 3 heteroatoms. The van der Waals surface area contributed by atoms with E-state index >= 15 is 0 Å². The molecule has 0 aromatic heterocycles. The molecule has 0 radical (unpaired) electrons. The number of quaternary nitrogens is 1. The number of carbonyl (C=O) groups is 1. The first-order valence-electron chi connectivity index (χ1n) is 12.1. The molecule has 1 aromatic rings. The normalized spacial score (nSPS) is 14.0. The third kappa shape index (κ3) is 9.91. The van der Waals surface area contributed by atoms with Crippen molar-refractivity contribution >= 4 is 5.91 Å². The van der Waals surface area contributed by atoms with Gasteiger partial charge in [0.2, 0.25) is 0 Å². The van der Waals surface area contributed by atoms with Crippen LogP contribution in [-0.4, -0.2) is 17.0 Å². The van der Waals surface area contributed by atoms with Crippen LogP contribution in [0.15, 0.2) is 30.3 Å². The standard InChI is InChI=1S/C26H47N2O/c1-5-7-8-9-10-11-12-13-14-18-21-26(3,4)25(29)28(27,22-6-2)23-24-19-16-15-17-20-24/h15-17,19-20H,5-14,18,21-23,27H2,1-4H3/q+1. The topological polar surface area (TPSA) is 43.1 Å². The highest BCUT2D eigenvalue weighted by molar-refractivity contribution is 5.75. The minimum Gasteiger partial charge on any atom is -0.228 e. The zero-order chi connectivity index (χ0) is 21.6. The second-order valence-electron chi connectivity index (χ2n) is 9.52. The van der Waals surface area contributed by atoms with Crippen LogP contribution < -0.4 is 5.84 Å². The van der Waals surface area contributed by atoms with E-state index in [9.17, 15) is 4.79 Å². The van der Waals surface area contributed by atoms with Crippen LogP contribution in [0.4, 0.5) is 0 Å². The Bertz CT molecular complexity index is 555. The summed E-state index contributed by atoms with van der Waals surface area (Å²) in [7, 11) is 0. The van der Waals surface area contributed by atoms with E-state index in [1.54, 1.807) is 0 Å². The molecule has 0 aliphatic carbocycles. The van der Waals surface area contributed by atoms with Gasteiger partial charge in [-0.3, -0.25) is 0 Å². The van der Waals surface area contributed by atoms with E-state index in [2.05, 4.69) is 39.8 Å². The molecule has 0 aliphatic heterocycles. The van der Waals surface area contributed by atoms with Crippen molar-refractivity contribution in [2.45, 2.75) is 111 Å². The number of amides is 1. The summed E-state index contributed by atoms with van der Waals surface area (Å²) in [5.74, 6) is 6.86. The van der Waals surface area contributed by atoms with Gasteiger partial charge in [-0.1, -0.05) is 108 Å². The summed E-state index contributed by atoms with van der Waals surface area (Å²) in [6.07, 6.45) is 15.0. The number of hydrogen-bond acceptors (Lipinski definition) is 2. The monoisotopic (exact) mass is 403 g/mol. The van der Waals surface area contributed by atoms with Crippen LogP contribution in [0.5, 0.6) is 0 Å². The van der Waals surface area contributed by atoms with Crippen molar-refractivity contribution in [2.75, 3.05) is 6.54 Å². The molecular formula is C26H47N2O+. The molecule has 29 heavy (non-hydrogen) atoms. The summed E-state index contributed by atoms with van der Waals surface area (Å²) in [6.45, 7) is 9.81. The predicted molar refractivity (Wildman–Crippen MR) is 125 cm³/mol. The third-order valence-corrected chi connectivity index (χ3v) is 6.07. The van der Waals surface area contributed by atoms with E-state index in [0.29, 0.717) is 13.1 Å². The number of hydrogen-bond donors (Lipinski definition) is 1. The maximum absolute atomic E-state index is 13.4. The van der Waals surface area contributed by atoms with E-state index in [1.165, 1.54) is 57.8 Å². The van der Waals surface area contributed by atoms with Gasteiger partial charge in [0, 0.05) is 5.56 Å². The van der Waals surface area contributed by atoms with Gasteiger partial charge in [-0.05, 0) is 26.7 Å². The largest absolute Gasteiger partial charge is 0.338 e.